The molecule has 0 radical (unpaired) electrons. The average molecular weight is 320 g/mol. The van der Waals surface area contributed by atoms with Crippen molar-refractivity contribution in [1.82, 2.24) is 10.2 Å². The number of carbonyl (C=O) groups is 1. The van der Waals surface area contributed by atoms with E-state index in [4.69, 9.17) is 4.74 Å². The number of morpholine rings is 1. The van der Waals surface area contributed by atoms with Gasteiger partial charge in [-0.15, -0.1) is 11.3 Å². The minimum absolute atomic E-state index is 0.173. The summed E-state index contributed by atoms with van der Waals surface area (Å²) in [7, 11) is 0. The molecule has 2 aliphatic rings. The van der Waals surface area contributed by atoms with Gasteiger partial charge in [0.2, 0.25) is 5.91 Å². The topological polar surface area (TPSA) is 41.6 Å². The normalized spacial score (nSPS) is 23.5. The van der Waals surface area contributed by atoms with E-state index in [9.17, 15) is 4.79 Å². The van der Waals surface area contributed by atoms with Crippen molar-refractivity contribution < 1.29 is 9.53 Å². The number of rotatable bonds is 6. The van der Waals surface area contributed by atoms with E-state index in [1.54, 1.807) is 11.3 Å². The van der Waals surface area contributed by atoms with Crippen molar-refractivity contribution >= 4 is 17.2 Å². The van der Waals surface area contributed by atoms with Gasteiger partial charge in [0.25, 0.3) is 0 Å². The van der Waals surface area contributed by atoms with E-state index in [0.29, 0.717) is 18.9 Å². The number of hydrogen-bond donors (Lipinski definition) is 1. The van der Waals surface area contributed by atoms with Gasteiger partial charge < -0.3 is 10.1 Å². The van der Waals surface area contributed by atoms with E-state index in [-0.39, 0.29) is 11.9 Å². The first-order chi connectivity index (χ1) is 10.8. The standard InChI is InChI=1S/C17H24N2O2S/c20-17(12-14-4-1-2-5-14)18-13-15(16-6-3-11-22-16)19-7-9-21-10-8-19/h1,3-4,6,11,14-15H,2,5,7-10,12-13H2,(H,18,20)/t14-,15+/m0/s1. The second kappa shape index (κ2) is 7.90. The Bertz CT molecular complexity index is 495. The molecule has 3 rings (SSSR count). The summed E-state index contributed by atoms with van der Waals surface area (Å²) in [6.07, 6.45) is 7.21. The van der Waals surface area contributed by atoms with Crippen molar-refractivity contribution in [2.45, 2.75) is 25.3 Å². The molecule has 4 nitrogen and oxygen atoms in total. The van der Waals surface area contributed by atoms with Gasteiger partial charge in [-0.2, -0.15) is 0 Å². The number of carbonyl (C=O) groups excluding carboxylic acids is 1. The van der Waals surface area contributed by atoms with Crippen molar-refractivity contribution in [1.29, 1.82) is 0 Å². The highest BCUT2D eigenvalue weighted by Gasteiger charge is 2.24. The van der Waals surface area contributed by atoms with Crippen LogP contribution in [0.5, 0.6) is 0 Å². The zero-order chi connectivity index (χ0) is 15.2. The minimum Gasteiger partial charge on any atom is -0.379 e. The summed E-state index contributed by atoms with van der Waals surface area (Å²) < 4.78 is 5.45. The maximum Gasteiger partial charge on any atom is 0.220 e. The summed E-state index contributed by atoms with van der Waals surface area (Å²) in [4.78, 5) is 15.9. The molecule has 120 valence electrons. The van der Waals surface area contributed by atoms with Crippen LogP contribution in [0, 0.1) is 5.92 Å². The van der Waals surface area contributed by atoms with Gasteiger partial charge in [-0.05, 0) is 30.2 Å². The first kappa shape index (κ1) is 15.7. The zero-order valence-electron chi connectivity index (χ0n) is 12.9. The SMILES string of the molecule is O=C(C[C@H]1C=CCC1)NC[C@H](c1cccs1)N1CCOCC1. The van der Waals surface area contributed by atoms with E-state index in [2.05, 4.69) is 39.9 Å². The third-order valence-electron chi connectivity index (χ3n) is 4.41. The Hall–Kier alpha value is -1.17. The van der Waals surface area contributed by atoms with Crippen molar-refractivity contribution in [2.24, 2.45) is 5.92 Å². The van der Waals surface area contributed by atoms with Crippen LogP contribution in [0.25, 0.3) is 0 Å². The number of thiophene rings is 1. The van der Waals surface area contributed by atoms with Gasteiger partial charge in [0, 0.05) is 30.9 Å². The predicted octanol–water partition coefficient (Wildman–Crippen LogP) is 2.59. The van der Waals surface area contributed by atoms with Crippen molar-refractivity contribution in [2.75, 3.05) is 32.8 Å². The third kappa shape index (κ3) is 4.18. The Morgan fingerprint density at radius 2 is 2.32 bits per heavy atom. The molecule has 1 aliphatic carbocycles. The smallest absolute Gasteiger partial charge is 0.220 e. The molecular formula is C17H24N2O2S. The number of ether oxygens (including phenoxy) is 1. The predicted molar refractivity (Wildman–Crippen MR) is 88.9 cm³/mol. The van der Waals surface area contributed by atoms with Crippen LogP contribution in [0.1, 0.15) is 30.2 Å². The molecule has 22 heavy (non-hydrogen) atoms. The largest absolute Gasteiger partial charge is 0.379 e. The Labute approximate surface area is 136 Å². The van der Waals surface area contributed by atoms with E-state index >= 15 is 0 Å². The van der Waals surface area contributed by atoms with E-state index in [1.165, 1.54) is 4.88 Å². The molecule has 2 heterocycles. The summed E-state index contributed by atoms with van der Waals surface area (Å²) in [6.45, 7) is 4.12. The number of nitrogens with one attached hydrogen (secondary N) is 1. The average Bonchev–Trinajstić information content (AvgIpc) is 3.22. The number of nitrogens with zero attached hydrogens (tertiary/aromatic N) is 1. The highest BCUT2D eigenvalue weighted by Crippen LogP contribution is 2.26. The Balaban J connectivity index is 1.55. The maximum atomic E-state index is 12.2. The molecule has 1 N–H and O–H groups in total. The highest BCUT2D eigenvalue weighted by atomic mass is 32.1. The molecule has 1 aliphatic heterocycles. The maximum absolute atomic E-state index is 12.2. The van der Waals surface area contributed by atoms with Crippen LogP contribution < -0.4 is 5.32 Å². The van der Waals surface area contributed by atoms with E-state index < -0.39 is 0 Å². The van der Waals surface area contributed by atoms with Gasteiger partial charge in [0.15, 0.2) is 0 Å². The lowest BCUT2D eigenvalue weighted by Gasteiger charge is -2.34. The molecule has 2 atom stereocenters. The molecule has 0 unspecified atom stereocenters. The summed E-state index contributed by atoms with van der Waals surface area (Å²) >= 11 is 1.76. The molecule has 1 aromatic rings. The lowest BCUT2D eigenvalue weighted by atomic mass is 10.0. The van der Waals surface area contributed by atoms with Crippen LogP contribution >= 0.6 is 11.3 Å². The second-order valence-corrected chi connectivity index (χ2v) is 6.93. The fourth-order valence-corrected chi connectivity index (χ4v) is 4.03. The van der Waals surface area contributed by atoms with Crippen LogP contribution in [0.3, 0.4) is 0 Å². The van der Waals surface area contributed by atoms with Crippen LogP contribution in [-0.2, 0) is 9.53 Å². The van der Waals surface area contributed by atoms with Crippen LogP contribution in [-0.4, -0.2) is 43.7 Å². The summed E-state index contributed by atoms with van der Waals surface area (Å²) in [6, 6.07) is 4.52. The lowest BCUT2D eigenvalue weighted by Crippen LogP contribution is -2.43. The van der Waals surface area contributed by atoms with Gasteiger partial charge in [-0.25, -0.2) is 0 Å². The minimum atomic E-state index is 0.173. The Morgan fingerprint density at radius 1 is 1.45 bits per heavy atom. The monoisotopic (exact) mass is 320 g/mol. The molecule has 1 saturated heterocycles. The number of amides is 1. The molecule has 1 amide bonds. The second-order valence-electron chi connectivity index (χ2n) is 5.95. The van der Waals surface area contributed by atoms with Gasteiger partial charge in [-0.3, -0.25) is 9.69 Å². The van der Waals surface area contributed by atoms with Crippen LogP contribution in [0.4, 0.5) is 0 Å². The summed E-state index contributed by atoms with van der Waals surface area (Å²) in [5.74, 6) is 0.606. The fourth-order valence-electron chi connectivity index (χ4n) is 3.17. The van der Waals surface area contributed by atoms with E-state index in [1.807, 2.05) is 0 Å². The molecule has 1 fully saturated rings. The van der Waals surface area contributed by atoms with Gasteiger partial charge >= 0.3 is 0 Å². The van der Waals surface area contributed by atoms with Gasteiger partial charge in [0.1, 0.15) is 0 Å². The highest BCUT2D eigenvalue weighted by molar-refractivity contribution is 7.10. The zero-order valence-corrected chi connectivity index (χ0v) is 13.7. The van der Waals surface area contributed by atoms with Crippen molar-refractivity contribution in [3.05, 3.63) is 34.5 Å². The Kier molecular flexibility index (Phi) is 5.64. The van der Waals surface area contributed by atoms with Crippen molar-refractivity contribution in [3.63, 3.8) is 0 Å². The quantitative estimate of drug-likeness (QED) is 0.819. The number of hydrogen-bond acceptors (Lipinski definition) is 4. The molecule has 0 saturated carbocycles. The molecule has 0 spiro atoms. The first-order valence-electron chi connectivity index (χ1n) is 8.11. The van der Waals surface area contributed by atoms with Gasteiger partial charge in [-0.1, -0.05) is 18.2 Å². The third-order valence-corrected chi connectivity index (χ3v) is 5.38. The number of allylic oxidation sites excluding steroid dienone is 2. The molecular weight excluding hydrogens is 296 g/mol. The summed E-state index contributed by atoms with van der Waals surface area (Å²) in [5.41, 5.74) is 0. The summed E-state index contributed by atoms with van der Waals surface area (Å²) in [5, 5.41) is 5.25. The van der Waals surface area contributed by atoms with Gasteiger partial charge in [0.05, 0.1) is 19.3 Å². The molecule has 0 bridgehead atoms. The molecule has 1 aromatic heterocycles. The van der Waals surface area contributed by atoms with Crippen molar-refractivity contribution in [3.8, 4) is 0 Å². The first-order valence-corrected chi connectivity index (χ1v) is 8.99. The molecule has 5 heteroatoms. The van der Waals surface area contributed by atoms with Crippen LogP contribution in [0.15, 0.2) is 29.7 Å². The fraction of sp³-hybridized carbons (Fsp3) is 0.588. The lowest BCUT2D eigenvalue weighted by molar-refractivity contribution is -0.122. The van der Waals surface area contributed by atoms with E-state index in [0.717, 1.165) is 39.1 Å². The molecule has 0 aromatic carbocycles. The van der Waals surface area contributed by atoms with Crippen LogP contribution in [0.2, 0.25) is 0 Å². The Morgan fingerprint density at radius 3 is 3.00 bits per heavy atom.